The van der Waals surface area contributed by atoms with Crippen LogP contribution in [0.5, 0.6) is 11.5 Å². The van der Waals surface area contributed by atoms with Gasteiger partial charge >= 0.3 is 0 Å². The van der Waals surface area contributed by atoms with E-state index in [9.17, 15) is 0 Å². The summed E-state index contributed by atoms with van der Waals surface area (Å²) in [5.41, 5.74) is 15.0. The lowest BCUT2D eigenvalue weighted by molar-refractivity contribution is 0.488. The van der Waals surface area contributed by atoms with Crippen molar-refractivity contribution < 1.29 is 4.74 Å². The Labute approximate surface area is 244 Å². The summed E-state index contributed by atoms with van der Waals surface area (Å²) in [6.45, 7) is 0. The standard InChI is InChI=1S/C41H24O/c1-4-21-34-26(13-1)27-14-2-5-22-35(27)41(34)36-23-6-3-15-28(36)30-17-9-18-31(39(30)41)33-20-10-19-32-29-16-7-11-25-12-8-24-37(38(25)29)42-40(32)33/h1-24H. The van der Waals surface area contributed by atoms with Gasteiger partial charge in [0, 0.05) is 16.5 Å². The molecule has 1 spiro atoms. The van der Waals surface area contributed by atoms with E-state index in [0.717, 1.165) is 22.6 Å². The molecule has 0 saturated heterocycles. The quantitative estimate of drug-likeness (QED) is 0.204. The highest BCUT2D eigenvalue weighted by molar-refractivity contribution is 6.06. The Bertz CT molecular complexity index is 2220. The molecule has 0 radical (unpaired) electrons. The fourth-order valence-corrected chi connectivity index (χ4v) is 8.18. The molecule has 3 aliphatic rings. The number of benzene rings is 7. The average Bonchev–Trinajstić information content (AvgIpc) is 3.52. The molecular weight excluding hydrogens is 508 g/mol. The third kappa shape index (κ3) is 2.56. The third-order valence-corrected chi connectivity index (χ3v) is 9.69. The number of hydrogen-bond donors (Lipinski definition) is 0. The van der Waals surface area contributed by atoms with E-state index in [1.165, 1.54) is 66.4 Å². The maximum absolute atomic E-state index is 6.86. The Morgan fingerprint density at radius 1 is 0.357 bits per heavy atom. The van der Waals surface area contributed by atoms with Gasteiger partial charge in [0.15, 0.2) is 0 Å². The number of ether oxygens (including phenoxy) is 1. The Morgan fingerprint density at radius 3 is 1.43 bits per heavy atom. The van der Waals surface area contributed by atoms with Gasteiger partial charge in [-0.1, -0.05) is 140 Å². The second-order valence-electron chi connectivity index (χ2n) is 11.6. The van der Waals surface area contributed by atoms with Gasteiger partial charge < -0.3 is 4.74 Å². The van der Waals surface area contributed by atoms with Crippen LogP contribution >= 0.6 is 0 Å². The molecule has 0 aromatic heterocycles. The highest BCUT2D eigenvalue weighted by Gasteiger charge is 2.52. The molecule has 2 aliphatic carbocycles. The zero-order valence-corrected chi connectivity index (χ0v) is 22.8. The van der Waals surface area contributed by atoms with Gasteiger partial charge in [-0.2, -0.15) is 0 Å². The second kappa shape index (κ2) is 7.87. The minimum absolute atomic E-state index is 0.412. The van der Waals surface area contributed by atoms with Gasteiger partial charge in [-0.25, -0.2) is 0 Å². The van der Waals surface area contributed by atoms with E-state index in [0.29, 0.717) is 0 Å². The Kier molecular flexibility index (Phi) is 4.18. The fourth-order valence-electron chi connectivity index (χ4n) is 8.18. The molecule has 0 bridgehead atoms. The lowest BCUT2D eigenvalue weighted by atomic mass is 9.68. The lowest BCUT2D eigenvalue weighted by Crippen LogP contribution is -2.26. The predicted molar refractivity (Wildman–Crippen MR) is 171 cm³/mol. The summed E-state index contributed by atoms with van der Waals surface area (Å²) < 4.78 is 6.86. The number of hydrogen-bond acceptors (Lipinski definition) is 1. The van der Waals surface area contributed by atoms with Gasteiger partial charge in [-0.15, -0.1) is 0 Å². The molecule has 42 heavy (non-hydrogen) atoms. The monoisotopic (exact) mass is 532 g/mol. The van der Waals surface area contributed by atoms with Crippen molar-refractivity contribution in [3.8, 4) is 56.0 Å². The topological polar surface area (TPSA) is 9.23 Å². The molecule has 7 aromatic carbocycles. The summed E-state index contributed by atoms with van der Waals surface area (Å²) in [5, 5.41) is 2.39. The SMILES string of the molecule is c1ccc2c(c1)-c1ccccc1C21c2ccccc2-c2cccc(-c3cccc4c3Oc3cccc5cccc-4c35)c21. The molecule has 1 heteroatoms. The molecule has 1 heterocycles. The molecule has 0 N–H and O–H groups in total. The van der Waals surface area contributed by atoms with Crippen LogP contribution < -0.4 is 4.74 Å². The lowest BCUT2D eigenvalue weighted by Gasteiger charge is -2.33. The van der Waals surface area contributed by atoms with Crippen LogP contribution in [0.1, 0.15) is 22.3 Å². The summed E-state index contributed by atoms with van der Waals surface area (Å²) in [5.74, 6) is 1.85. The van der Waals surface area contributed by atoms with E-state index in [1.54, 1.807) is 0 Å². The summed E-state index contributed by atoms with van der Waals surface area (Å²) >= 11 is 0. The predicted octanol–water partition coefficient (Wildman–Crippen LogP) is 10.6. The molecule has 1 nitrogen and oxygen atoms in total. The van der Waals surface area contributed by atoms with Crippen molar-refractivity contribution in [2.75, 3.05) is 0 Å². The van der Waals surface area contributed by atoms with Crippen LogP contribution in [-0.2, 0) is 5.41 Å². The molecule has 1 aliphatic heterocycles. The van der Waals surface area contributed by atoms with Gasteiger partial charge in [0.2, 0.25) is 0 Å². The molecule has 0 unspecified atom stereocenters. The van der Waals surface area contributed by atoms with Crippen molar-refractivity contribution >= 4 is 10.8 Å². The van der Waals surface area contributed by atoms with E-state index >= 15 is 0 Å². The van der Waals surface area contributed by atoms with Crippen LogP contribution in [0.15, 0.2) is 146 Å². The molecule has 0 amide bonds. The highest BCUT2D eigenvalue weighted by Crippen LogP contribution is 2.65. The van der Waals surface area contributed by atoms with Crippen LogP contribution in [0.3, 0.4) is 0 Å². The zero-order chi connectivity index (χ0) is 27.4. The van der Waals surface area contributed by atoms with Gasteiger partial charge in [0.25, 0.3) is 0 Å². The van der Waals surface area contributed by atoms with Crippen LogP contribution in [-0.4, -0.2) is 0 Å². The summed E-state index contributed by atoms with van der Waals surface area (Å²) in [6.07, 6.45) is 0. The first-order chi connectivity index (χ1) is 20.9. The number of fused-ring (bicyclic) bond motifs is 12. The normalized spacial score (nSPS) is 14.1. The van der Waals surface area contributed by atoms with Crippen molar-refractivity contribution in [2.45, 2.75) is 5.41 Å². The second-order valence-corrected chi connectivity index (χ2v) is 11.6. The first-order valence-corrected chi connectivity index (χ1v) is 14.6. The van der Waals surface area contributed by atoms with Crippen LogP contribution in [0.2, 0.25) is 0 Å². The molecular formula is C41H24O. The van der Waals surface area contributed by atoms with Crippen molar-refractivity contribution in [1.29, 1.82) is 0 Å². The summed E-state index contributed by atoms with van der Waals surface area (Å²) in [7, 11) is 0. The largest absolute Gasteiger partial charge is 0.455 e. The van der Waals surface area contributed by atoms with E-state index in [2.05, 4.69) is 146 Å². The fraction of sp³-hybridized carbons (Fsp3) is 0.0244. The Hall–Kier alpha value is -5.40. The first-order valence-electron chi connectivity index (χ1n) is 14.6. The molecule has 194 valence electrons. The first kappa shape index (κ1) is 22.3. The minimum atomic E-state index is -0.412. The third-order valence-electron chi connectivity index (χ3n) is 9.69. The molecule has 10 rings (SSSR count). The summed E-state index contributed by atoms with van der Waals surface area (Å²) in [6, 6.07) is 53.4. The van der Waals surface area contributed by atoms with Gasteiger partial charge in [0.1, 0.15) is 11.5 Å². The van der Waals surface area contributed by atoms with E-state index in [4.69, 9.17) is 4.74 Å². The average molecular weight is 533 g/mol. The van der Waals surface area contributed by atoms with Crippen molar-refractivity contribution in [1.82, 2.24) is 0 Å². The maximum Gasteiger partial charge on any atom is 0.143 e. The Morgan fingerprint density at radius 2 is 0.786 bits per heavy atom. The highest BCUT2D eigenvalue weighted by atomic mass is 16.5. The Balaban J connectivity index is 1.34. The van der Waals surface area contributed by atoms with Crippen LogP contribution in [0.4, 0.5) is 0 Å². The van der Waals surface area contributed by atoms with E-state index < -0.39 is 5.41 Å². The van der Waals surface area contributed by atoms with Gasteiger partial charge in [-0.05, 0) is 67.1 Å². The minimum Gasteiger partial charge on any atom is -0.455 e. The van der Waals surface area contributed by atoms with E-state index in [-0.39, 0.29) is 0 Å². The zero-order valence-electron chi connectivity index (χ0n) is 22.8. The van der Waals surface area contributed by atoms with Crippen molar-refractivity contribution in [3.05, 3.63) is 168 Å². The molecule has 0 atom stereocenters. The molecule has 7 aromatic rings. The molecule has 0 saturated carbocycles. The van der Waals surface area contributed by atoms with E-state index in [1.807, 2.05) is 0 Å². The molecule has 0 fully saturated rings. The maximum atomic E-state index is 6.86. The van der Waals surface area contributed by atoms with Crippen molar-refractivity contribution in [2.24, 2.45) is 0 Å². The van der Waals surface area contributed by atoms with Gasteiger partial charge in [0.05, 0.1) is 5.41 Å². The smallest absolute Gasteiger partial charge is 0.143 e. The van der Waals surface area contributed by atoms with Crippen LogP contribution in [0.25, 0.3) is 55.3 Å². The number of para-hydroxylation sites is 1. The van der Waals surface area contributed by atoms with Gasteiger partial charge in [-0.3, -0.25) is 0 Å². The summed E-state index contributed by atoms with van der Waals surface area (Å²) in [4.78, 5) is 0. The number of rotatable bonds is 1. The van der Waals surface area contributed by atoms with Crippen molar-refractivity contribution in [3.63, 3.8) is 0 Å². The van der Waals surface area contributed by atoms with Crippen LogP contribution in [0, 0.1) is 0 Å².